The average Bonchev–Trinajstić information content (AvgIpc) is 2.34. The maximum atomic E-state index is 11.9. The molecule has 0 aromatic rings. The Balaban J connectivity index is 4.74. The van der Waals surface area contributed by atoms with Crippen molar-refractivity contribution in [1.82, 2.24) is 9.80 Å². The maximum absolute atomic E-state index is 11.9. The van der Waals surface area contributed by atoms with Crippen LogP contribution in [0.4, 0.5) is 4.79 Å². The molecule has 0 saturated heterocycles. The summed E-state index contributed by atoms with van der Waals surface area (Å²) in [5.74, 6) is -3.78. The Morgan fingerprint density at radius 1 is 1.10 bits per heavy atom. The number of carbonyl (C=O) groups excluding carboxylic acids is 2. The summed E-state index contributed by atoms with van der Waals surface area (Å²) in [5.41, 5.74) is 0. The van der Waals surface area contributed by atoms with Gasteiger partial charge in [-0.05, 0) is 0 Å². The Labute approximate surface area is 115 Å². The zero-order valence-electron chi connectivity index (χ0n) is 11.5. The molecule has 2 N–H and O–H groups in total. The zero-order chi connectivity index (χ0) is 15.9. The number of nitrogens with zero attached hydrogens (tertiary/aromatic N) is 2. The van der Waals surface area contributed by atoms with Gasteiger partial charge in [0, 0.05) is 13.6 Å². The predicted octanol–water partition coefficient (Wildman–Crippen LogP) is -0.681. The first-order valence-electron chi connectivity index (χ1n) is 5.70. The van der Waals surface area contributed by atoms with Gasteiger partial charge in [-0.15, -0.1) is 0 Å². The summed E-state index contributed by atoms with van der Waals surface area (Å²) < 4.78 is 4.50. The van der Waals surface area contributed by atoms with Crippen LogP contribution in [0.3, 0.4) is 0 Å². The van der Waals surface area contributed by atoms with Gasteiger partial charge in [-0.2, -0.15) is 0 Å². The predicted molar refractivity (Wildman–Crippen MR) is 66.1 cm³/mol. The number of rotatable bonds is 7. The number of amides is 2. The number of methoxy groups -OCH3 is 1. The van der Waals surface area contributed by atoms with Crippen molar-refractivity contribution in [3.63, 3.8) is 0 Å². The van der Waals surface area contributed by atoms with Crippen molar-refractivity contribution in [2.75, 3.05) is 33.8 Å². The third-order valence-corrected chi connectivity index (χ3v) is 2.40. The van der Waals surface area contributed by atoms with Crippen LogP contribution in [0.15, 0.2) is 0 Å². The maximum Gasteiger partial charge on any atom is 0.323 e. The number of hydrogen-bond acceptors (Lipinski definition) is 5. The van der Waals surface area contributed by atoms with Crippen LogP contribution in [0.5, 0.6) is 0 Å². The first-order valence-corrected chi connectivity index (χ1v) is 5.70. The van der Waals surface area contributed by atoms with E-state index in [4.69, 9.17) is 10.2 Å². The first-order chi connectivity index (χ1) is 9.18. The fourth-order valence-electron chi connectivity index (χ4n) is 1.52. The lowest BCUT2D eigenvalue weighted by molar-refractivity contribution is -0.145. The van der Waals surface area contributed by atoms with Crippen molar-refractivity contribution in [3.05, 3.63) is 0 Å². The van der Waals surface area contributed by atoms with Gasteiger partial charge in [0.05, 0.1) is 13.0 Å². The summed E-state index contributed by atoms with van der Waals surface area (Å²) in [6.07, 6.45) is 0. The van der Waals surface area contributed by atoms with Gasteiger partial charge in [-0.25, -0.2) is 4.79 Å². The molecule has 0 spiro atoms. The molecule has 0 fully saturated rings. The number of carbonyl (C=O) groups is 4. The van der Waals surface area contributed by atoms with Gasteiger partial charge in [-0.1, -0.05) is 6.92 Å². The SMILES string of the molecule is COC(=O)C(C)CN(C)C(=O)N(CC(=O)O)CC(=O)O. The van der Waals surface area contributed by atoms with Gasteiger partial charge in [0.1, 0.15) is 13.1 Å². The number of aliphatic carboxylic acids is 2. The smallest absolute Gasteiger partial charge is 0.323 e. The van der Waals surface area contributed by atoms with E-state index in [1.807, 2.05) is 0 Å². The molecule has 0 bridgehead atoms. The summed E-state index contributed by atoms with van der Waals surface area (Å²) in [6, 6.07) is -0.787. The molecular formula is C11H18N2O7. The van der Waals surface area contributed by atoms with Crippen LogP contribution in [0.1, 0.15) is 6.92 Å². The molecule has 2 amide bonds. The second-order valence-electron chi connectivity index (χ2n) is 4.23. The lowest BCUT2D eigenvalue weighted by Gasteiger charge is -2.27. The lowest BCUT2D eigenvalue weighted by Crippen LogP contribution is -2.47. The quantitative estimate of drug-likeness (QED) is 0.595. The topological polar surface area (TPSA) is 124 Å². The minimum absolute atomic E-state index is 0.0127. The normalized spacial score (nSPS) is 11.3. The molecule has 1 unspecified atom stereocenters. The van der Waals surface area contributed by atoms with E-state index < -0.39 is 42.9 Å². The molecule has 0 aliphatic rings. The van der Waals surface area contributed by atoms with Crippen LogP contribution in [0.25, 0.3) is 0 Å². The van der Waals surface area contributed by atoms with E-state index in [0.29, 0.717) is 4.90 Å². The van der Waals surface area contributed by atoms with Crippen LogP contribution in [0.2, 0.25) is 0 Å². The molecule has 20 heavy (non-hydrogen) atoms. The number of ether oxygens (including phenoxy) is 1. The average molecular weight is 290 g/mol. The van der Waals surface area contributed by atoms with Gasteiger partial charge in [0.15, 0.2) is 0 Å². The molecule has 0 aromatic heterocycles. The molecule has 9 nitrogen and oxygen atoms in total. The lowest BCUT2D eigenvalue weighted by atomic mass is 10.2. The molecule has 0 aliphatic heterocycles. The van der Waals surface area contributed by atoms with Crippen molar-refractivity contribution in [2.45, 2.75) is 6.92 Å². The molecule has 0 radical (unpaired) electrons. The Hall–Kier alpha value is -2.32. The second-order valence-corrected chi connectivity index (χ2v) is 4.23. The molecule has 9 heteroatoms. The number of carboxylic acid groups (broad SMARTS) is 2. The highest BCUT2D eigenvalue weighted by molar-refractivity contribution is 5.84. The number of carboxylic acids is 2. The Bertz CT molecular complexity index is 380. The van der Waals surface area contributed by atoms with E-state index in [2.05, 4.69) is 4.74 Å². The Kier molecular flexibility index (Phi) is 7.05. The fraction of sp³-hybridized carbons (Fsp3) is 0.636. The van der Waals surface area contributed by atoms with Crippen LogP contribution in [0, 0.1) is 5.92 Å². The van der Waals surface area contributed by atoms with E-state index in [0.717, 1.165) is 4.90 Å². The van der Waals surface area contributed by atoms with Gasteiger partial charge in [0.25, 0.3) is 0 Å². The van der Waals surface area contributed by atoms with Gasteiger partial charge < -0.3 is 24.7 Å². The largest absolute Gasteiger partial charge is 0.480 e. The molecule has 0 rings (SSSR count). The molecule has 0 saturated carbocycles. The van der Waals surface area contributed by atoms with Crippen molar-refractivity contribution >= 4 is 23.9 Å². The van der Waals surface area contributed by atoms with Crippen LogP contribution in [-0.4, -0.2) is 77.7 Å². The van der Waals surface area contributed by atoms with Gasteiger partial charge in [0.2, 0.25) is 0 Å². The first kappa shape index (κ1) is 17.7. The molecule has 0 heterocycles. The third-order valence-electron chi connectivity index (χ3n) is 2.40. The Morgan fingerprint density at radius 2 is 1.55 bits per heavy atom. The van der Waals surface area contributed by atoms with E-state index in [1.165, 1.54) is 21.1 Å². The van der Waals surface area contributed by atoms with E-state index >= 15 is 0 Å². The highest BCUT2D eigenvalue weighted by Gasteiger charge is 2.25. The second kappa shape index (κ2) is 7.97. The monoisotopic (exact) mass is 290 g/mol. The minimum Gasteiger partial charge on any atom is -0.480 e. The molecule has 0 aliphatic carbocycles. The molecule has 0 aromatic carbocycles. The van der Waals surface area contributed by atoms with Gasteiger partial charge in [-0.3, -0.25) is 14.4 Å². The summed E-state index contributed by atoms with van der Waals surface area (Å²) in [4.78, 5) is 46.1. The standard InChI is InChI=1S/C11H18N2O7/c1-7(10(18)20-3)4-12(2)11(19)13(5-8(14)15)6-9(16)17/h7H,4-6H2,1-3H3,(H,14,15)(H,16,17). The van der Waals surface area contributed by atoms with Crippen molar-refractivity contribution in [1.29, 1.82) is 0 Å². The Morgan fingerprint density at radius 3 is 1.90 bits per heavy atom. The van der Waals surface area contributed by atoms with Gasteiger partial charge >= 0.3 is 23.9 Å². The summed E-state index contributed by atoms with van der Waals surface area (Å²) in [6.45, 7) is 0.0553. The van der Waals surface area contributed by atoms with Crippen molar-refractivity contribution in [3.8, 4) is 0 Å². The minimum atomic E-state index is -1.32. The number of hydrogen-bond donors (Lipinski definition) is 2. The number of urea groups is 1. The third kappa shape index (κ3) is 6.03. The fourth-order valence-corrected chi connectivity index (χ4v) is 1.52. The summed E-state index contributed by atoms with van der Waals surface area (Å²) >= 11 is 0. The van der Waals surface area contributed by atoms with E-state index in [1.54, 1.807) is 0 Å². The van der Waals surface area contributed by atoms with Crippen LogP contribution in [-0.2, 0) is 19.1 Å². The highest BCUT2D eigenvalue weighted by Crippen LogP contribution is 2.04. The van der Waals surface area contributed by atoms with Crippen LogP contribution < -0.4 is 0 Å². The van der Waals surface area contributed by atoms with Crippen molar-refractivity contribution < 1.29 is 34.1 Å². The zero-order valence-corrected chi connectivity index (χ0v) is 11.5. The van der Waals surface area contributed by atoms with E-state index in [9.17, 15) is 19.2 Å². The molecule has 1 atom stereocenters. The van der Waals surface area contributed by atoms with Crippen LogP contribution >= 0.6 is 0 Å². The number of esters is 1. The van der Waals surface area contributed by atoms with E-state index in [-0.39, 0.29) is 6.54 Å². The molecule has 114 valence electrons. The summed E-state index contributed by atoms with van der Waals surface area (Å²) in [5, 5.41) is 17.3. The van der Waals surface area contributed by atoms with Crippen molar-refractivity contribution in [2.24, 2.45) is 5.92 Å². The molecular weight excluding hydrogens is 272 g/mol. The summed E-state index contributed by atoms with van der Waals surface area (Å²) in [7, 11) is 2.56. The highest BCUT2D eigenvalue weighted by atomic mass is 16.5.